The molecule has 10 heteroatoms. The van der Waals surface area contributed by atoms with Gasteiger partial charge in [0.2, 0.25) is 21.8 Å². The lowest BCUT2D eigenvalue weighted by Crippen LogP contribution is -2.51. The molecule has 3 rings (SSSR count). The number of ether oxygens (including phenoxy) is 1. The Kier molecular flexibility index (Phi) is 11.5. The van der Waals surface area contributed by atoms with E-state index in [0.717, 1.165) is 37.5 Å². The molecule has 2 aromatic carbocycles. The van der Waals surface area contributed by atoms with E-state index in [-0.39, 0.29) is 37.4 Å². The first-order chi connectivity index (χ1) is 18.6. The molecule has 1 N–H and O–H groups in total. The molecule has 0 bridgehead atoms. The Morgan fingerprint density at radius 3 is 2.41 bits per heavy atom. The number of halogens is 1. The number of nitrogens with zero attached hydrogens (tertiary/aromatic N) is 2. The number of carbonyl (C=O) groups is 2. The number of carbonyl (C=O) groups excluding carboxylic acids is 2. The molecule has 0 saturated heterocycles. The third kappa shape index (κ3) is 9.14. The van der Waals surface area contributed by atoms with Crippen molar-refractivity contribution < 1.29 is 22.7 Å². The van der Waals surface area contributed by atoms with Crippen LogP contribution in [0.5, 0.6) is 5.75 Å². The normalized spacial score (nSPS) is 14.9. The van der Waals surface area contributed by atoms with Crippen molar-refractivity contribution >= 4 is 39.1 Å². The highest BCUT2D eigenvalue weighted by atomic mass is 35.5. The van der Waals surface area contributed by atoms with Crippen molar-refractivity contribution in [1.29, 1.82) is 0 Å². The largest absolute Gasteiger partial charge is 0.497 e. The second kappa shape index (κ2) is 14.6. The fourth-order valence-corrected chi connectivity index (χ4v) is 6.13. The van der Waals surface area contributed by atoms with Crippen LogP contribution in [-0.4, -0.2) is 57.1 Å². The summed E-state index contributed by atoms with van der Waals surface area (Å²) in [5.41, 5.74) is 1.34. The number of nitrogens with one attached hydrogen (secondary N) is 1. The molecule has 214 valence electrons. The maximum Gasteiger partial charge on any atom is 0.243 e. The molecular formula is C29H40ClN3O5S. The molecule has 39 heavy (non-hydrogen) atoms. The lowest BCUT2D eigenvalue weighted by Gasteiger charge is -2.33. The number of amides is 2. The second-order valence-corrected chi connectivity index (χ2v) is 12.4. The van der Waals surface area contributed by atoms with Gasteiger partial charge in [0, 0.05) is 30.6 Å². The number of anilines is 1. The molecule has 2 aromatic rings. The van der Waals surface area contributed by atoms with Gasteiger partial charge in [0.15, 0.2) is 0 Å². The van der Waals surface area contributed by atoms with Gasteiger partial charge in [-0.2, -0.15) is 0 Å². The van der Waals surface area contributed by atoms with Crippen molar-refractivity contribution in [3.8, 4) is 5.75 Å². The van der Waals surface area contributed by atoms with Crippen LogP contribution < -0.4 is 14.4 Å². The number of methoxy groups -OCH3 is 1. The van der Waals surface area contributed by atoms with Crippen molar-refractivity contribution in [1.82, 2.24) is 10.2 Å². The van der Waals surface area contributed by atoms with Crippen molar-refractivity contribution in [2.75, 3.05) is 24.2 Å². The summed E-state index contributed by atoms with van der Waals surface area (Å²) in [5.74, 6) is 0.332. The molecule has 1 aliphatic carbocycles. The van der Waals surface area contributed by atoms with Crippen molar-refractivity contribution in [2.45, 2.75) is 76.9 Å². The molecule has 1 aliphatic rings. The summed E-state index contributed by atoms with van der Waals surface area (Å²) in [5, 5.41) is 3.69. The number of benzene rings is 2. The predicted octanol–water partition coefficient (Wildman–Crippen LogP) is 5.15. The predicted molar refractivity (Wildman–Crippen MR) is 156 cm³/mol. The summed E-state index contributed by atoms with van der Waals surface area (Å²) in [4.78, 5) is 28.7. The molecule has 1 atom stereocenters. The molecule has 8 nitrogen and oxygen atoms in total. The molecule has 2 amide bonds. The highest BCUT2D eigenvalue weighted by Crippen LogP contribution is 2.23. The molecule has 1 saturated carbocycles. The summed E-state index contributed by atoms with van der Waals surface area (Å²) >= 11 is 5.97. The summed E-state index contributed by atoms with van der Waals surface area (Å²) < 4.78 is 31.6. The fraction of sp³-hybridized carbons (Fsp3) is 0.517. The third-order valence-corrected chi connectivity index (χ3v) is 8.54. The minimum absolute atomic E-state index is 0.0940. The topological polar surface area (TPSA) is 96.0 Å². The van der Waals surface area contributed by atoms with E-state index in [1.165, 1.54) is 10.7 Å². The van der Waals surface area contributed by atoms with E-state index in [9.17, 15) is 18.0 Å². The Labute approximate surface area is 237 Å². The van der Waals surface area contributed by atoms with Gasteiger partial charge in [-0.05, 0) is 67.6 Å². The van der Waals surface area contributed by atoms with E-state index in [1.807, 2.05) is 31.2 Å². The van der Waals surface area contributed by atoms with E-state index in [0.29, 0.717) is 29.3 Å². The minimum Gasteiger partial charge on any atom is -0.497 e. The van der Waals surface area contributed by atoms with Crippen LogP contribution in [0.2, 0.25) is 5.02 Å². The van der Waals surface area contributed by atoms with Gasteiger partial charge < -0.3 is 15.0 Å². The maximum absolute atomic E-state index is 13.6. The standard InChI is InChI=1S/C29H40ClN3O5S/c1-4-27(29(35)31-24-11-6-5-7-12-24)32(21-22-10-8-13-26(20-22)38-2)28(34)14-9-19-33(39(3,36)37)25-17-15-23(30)16-18-25/h8,10,13,15-18,20,24,27H,4-7,9,11-12,14,19,21H2,1-3H3,(H,31,35). The van der Waals surface area contributed by atoms with Gasteiger partial charge in [0.1, 0.15) is 11.8 Å². The van der Waals surface area contributed by atoms with Crippen LogP contribution in [-0.2, 0) is 26.2 Å². The van der Waals surface area contributed by atoms with Crippen LogP contribution in [0.4, 0.5) is 5.69 Å². The highest BCUT2D eigenvalue weighted by Gasteiger charge is 2.30. The van der Waals surface area contributed by atoms with Crippen LogP contribution in [0, 0.1) is 0 Å². The van der Waals surface area contributed by atoms with Gasteiger partial charge in [-0.3, -0.25) is 13.9 Å². The maximum atomic E-state index is 13.6. The Balaban J connectivity index is 1.76. The lowest BCUT2D eigenvalue weighted by molar-refractivity contribution is -0.141. The van der Waals surface area contributed by atoms with Gasteiger partial charge in [-0.1, -0.05) is 49.9 Å². The van der Waals surface area contributed by atoms with Gasteiger partial charge in [0.05, 0.1) is 19.1 Å². The first-order valence-electron chi connectivity index (χ1n) is 13.6. The third-order valence-electron chi connectivity index (χ3n) is 7.09. The fourth-order valence-electron chi connectivity index (χ4n) is 5.04. The molecule has 1 fully saturated rings. The van der Waals surface area contributed by atoms with Crippen LogP contribution in [0.15, 0.2) is 48.5 Å². The Hall–Kier alpha value is -2.78. The Morgan fingerprint density at radius 1 is 1.10 bits per heavy atom. The van der Waals surface area contributed by atoms with Crippen molar-refractivity contribution in [3.05, 3.63) is 59.1 Å². The van der Waals surface area contributed by atoms with Crippen LogP contribution in [0.25, 0.3) is 0 Å². The molecular weight excluding hydrogens is 538 g/mol. The SMILES string of the molecule is CCC(C(=O)NC1CCCCC1)N(Cc1cccc(OC)c1)C(=O)CCCN(c1ccc(Cl)cc1)S(C)(=O)=O. The number of sulfonamides is 1. The molecule has 1 unspecified atom stereocenters. The average molecular weight is 578 g/mol. The van der Waals surface area contributed by atoms with E-state index in [2.05, 4.69) is 5.32 Å². The summed E-state index contributed by atoms with van der Waals surface area (Å²) in [6.07, 6.45) is 7.29. The summed E-state index contributed by atoms with van der Waals surface area (Å²) in [6, 6.07) is 13.5. The molecule has 0 spiro atoms. The summed E-state index contributed by atoms with van der Waals surface area (Å²) in [7, 11) is -1.98. The Bertz CT molecular complexity index is 1200. The van der Waals surface area contributed by atoms with Gasteiger partial charge in [-0.15, -0.1) is 0 Å². The van der Waals surface area contributed by atoms with E-state index < -0.39 is 16.1 Å². The summed E-state index contributed by atoms with van der Waals surface area (Å²) in [6.45, 7) is 2.28. The molecule has 0 aromatic heterocycles. The van der Waals surface area contributed by atoms with Crippen LogP contribution in [0.1, 0.15) is 63.9 Å². The quantitative estimate of drug-likeness (QED) is 0.355. The van der Waals surface area contributed by atoms with E-state index in [1.54, 1.807) is 36.3 Å². The second-order valence-electron chi connectivity index (χ2n) is 10.1. The van der Waals surface area contributed by atoms with Crippen molar-refractivity contribution in [2.24, 2.45) is 0 Å². The monoisotopic (exact) mass is 577 g/mol. The zero-order chi connectivity index (χ0) is 28.4. The zero-order valence-electron chi connectivity index (χ0n) is 23.1. The highest BCUT2D eigenvalue weighted by molar-refractivity contribution is 7.92. The molecule has 0 radical (unpaired) electrons. The van der Waals surface area contributed by atoms with Crippen LogP contribution >= 0.6 is 11.6 Å². The van der Waals surface area contributed by atoms with Gasteiger partial charge >= 0.3 is 0 Å². The number of hydrogen-bond acceptors (Lipinski definition) is 5. The molecule has 0 aliphatic heterocycles. The Morgan fingerprint density at radius 2 is 1.79 bits per heavy atom. The zero-order valence-corrected chi connectivity index (χ0v) is 24.6. The van der Waals surface area contributed by atoms with Gasteiger partial charge in [-0.25, -0.2) is 8.42 Å². The number of rotatable bonds is 13. The first kappa shape index (κ1) is 30.8. The molecule has 0 heterocycles. The van der Waals surface area contributed by atoms with Crippen LogP contribution in [0.3, 0.4) is 0 Å². The smallest absolute Gasteiger partial charge is 0.243 e. The van der Waals surface area contributed by atoms with E-state index >= 15 is 0 Å². The first-order valence-corrected chi connectivity index (χ1v) is 15.8. The number of hydrogen-bond donors (Lipinski definition) is 1. The van der Waals surface area contributed by atoms with Crippen molar-refractivity contribution in [3.63, 3.8) is 0 Å². The lowest BCUT2D eigenvalue weighted by atomic mass is 9.95. The van der Waals surface area contributed by atoms with Gasteiger partial charge in [0.25, 0.3) is 0 Å². The van der Waals surface area contributed by atoms with E-state index in [4.69, 9.17) is 16.3 Å². The minimum atomic E-state index is -3.57. The average Bonchev–Trinajstić information content (AvgIpc) is 2.91.